The molecule has 136 valence electrons. The van der Waals surface area contributed by atoms with Gasteiger partial charge in [0, 0.05) is 41.8 Å². The van der Waals surface area contributed by atoms with E-state index < -0.39 is 17.7 Å². The van der Waals surface area contributed by atoms with Gasteiger partial charge in [0.25, 0.3) is 0 Å². The van der Waals surface area contributed by atoms with E-state index >= 15 is 0 Å². The van der Waals surface area contributed by atoms with Crippen molar-refractivity contribution in [3.63, 3.8) is 0 Å². The summed E-state index contributed by atoms with van der Waals surface area (Å²) in [5, 5.41) is 17.5. The maximum absolute atomic E-state index is 13.4. The van der Waals surface area contributed by atoms with Gasteiger partial charge in [0.2, 0.25) is 0 Å². The van der Waals surface area contributed by atoms with Gasteiger partial charge in [-0.25, -0.2) is 13.5 Å². The molecule has 0 amide bonds. The summed E-state index contributed by atoms with van der Waals surface area (Å²) in [5.74, 6) is -1.36. The van der Waals surface area contributed by atoms with Crippen LogP contribution in [0.4, 0.5) is 20.3 Å². The van der Waals surface area contributed by atoms with Crippen LogP contribution in [0.3, 0.4) is 0 Å². The Morgan fingerprint density at radius 1 is 1.15 bits per heavy atom. The Hall–Kier alpha value is -2.80. The Bertz CT molecular complexity index is 910. The van der Waals surface area contributed by atoms with E-state index in [1.807, 2.05) is 26.0 Å². The lowest BCUT2D eigenvalue weighted by molar-refractivity contribution is 0.169. The van der Waals surface area contributed by atoms with Gasteiger partial charge in [0.05, 0.1) is 11.8 Å². The van der Waals surface area contributed by atoms with Crippen LogP contribution in [0.25, 0.3) is 5.69 Å². The Morgan fingerprint density at radius 2 is 1.96 bits per heavy atom. The fourth-order valence-electron chi connectivity index (χ4n) is 2.62. The van der Waals surface area contributed by atoms with E-state index in [0.29, 0.717) is 24.3 Å². The van der Waals surface area contributed by atoms with Gasteiger partial charge >= 0.3 is 0 Å². The van der Waals surface area contributed by atoms with Crippen molar-refractivity contribution in [2.45, 2.75) is 32.8 Å². The van der Waals surface area contributed by atoms with Crippen molar-refractivity contribution in [1.82, 2.24) is 14.8 Å². The zero-order valence-corrected chi connectivity index (χ0v) is 14.6. The van der Waals surface area contributed by atoms with Gasteiger partial charge in [0.15, 0.2) is 17.5 Å². The normalized spacial score (nSPS) is 12.2. The molecule has 0 saturated carbocycles. The molecule has 0 bridgehead atoms. The van der Waals surface area contributed by atoms with Crippen LogP contribution in [0.15, 0.2) is 42.6 Å². The van der Waals surface area contributed by atoms with Gasteiger partial charge in [-0.15, -0.1) is 5.10 Å². The molecule has 1 aromatic carbocycles. The largest absolute Gasteiger partial charge is 0.393 e. The van der Waals surface area contributed by atoms with E-state index in [4.69, 9.17) is 0 Å². The molecule has 0 spiro atoms. The topological polar surface area (TPSA) is 63.0 Å². The average molecular weight is 358 g/mol. The van der Waals surface area contributed by atoms with Gasteiger partial charge in [-0.05, 0) is 37.6 Å². The number of nitrogens with zero attached hydrogens (tertiary/aromatic N) is 3. The SMILES string of the molecule is CC[C@@H](O)Cc1cc(Nc2ccc(F)c(F)c2)nn1-c1ccnc(C)c1. The highest BCUT2D eigenvalue weighted by Crippen LogP contribution is 2.22. The molecule has 26 heavy (non-hydrogen) atoms. The third-order valence-corrected chi connectivity index (χ3v) is 4.02. The summed E-state index contributed by atoms with van der Waals surface area (Å²) >= 11 is 0. The van der Waals surface area contributed by atoms with E-state index in [1.54, 1.807) is 16.9 Å². The first-order chi connectivity index (χ1) is 12.5. The van der Waals surface area contributed by atoms with E-state index in [0.717, 1.165) is 29.2 Å². The predicted octanol–water partition coefficient (Wildman–Crippen LogP) is 3.91. The second-order valence-corrected chi connectivity index (χ2v) is 6.11. The molecule has 0 saturated heterocycles. The molecule has 5 nitrogen and oxygen atoms in total. The predicted molar refractivity (Wildman–Crippen MR) is 95.7 cm³/mol. The molecule has 3 rings (SSSR count). The van der Waals surface area contributed by atoms with Crippen LogP contribution in [-0.2, 0) is 6.42 Å². The number of halogens is 2. The third-order valence-electron chi connectivity index (χ3n) is 4.02. The standard InChI is InChI=1S/C19H20F2N4O/c1-3-16(26)10-15-11-19(23-13-4-5-17(20)18(21)9-13)24-25(15)14-6-7-22-12(2)8-14/h4-9,11,16,26H,3,10H2,1-2H3,(H,23,24)/t16-/m1/s1. The molecule has 3 aromatic rings. The molecular formula is C19H20F2N4O. The molecule has 0 aliphatic rings. The fraction of sp³-hybridized carbons (Fsp3) is 0.263. The number of rotatable bonds is 6. The smallest absolute Gasteiger partial charge is 0.160 e. The molecule has 2 N–H and O–H groups in total. The molecule has 0 radical (unpaired) electrons. The lowest BCUT2D eigenvalue weighted by atomic mass is 10.1. The monoisotopic (exact) mass is 358 g/mol. The summed E-state index contributed by atoms with van der Waals surface area (Å²) in [6.07, 6.45) is 2.23. The first kappa shape index (κ1) is 18.0. The number of aromatic nitrogens is 3. The Balaban J connectivity index is 1.96. The number of aryl methyl sites for hydroxylation is 1. The van der Waals surface area contributed by atoms with E-state index in [1.165, 1.54) is 6.07 Å². The summed E-state index contributed by atoms with van der Waals surface area (Å²) in [6, 6.07) is 9.07. The molecule has 0 fully saturated rings. The van der Waals surface area contributed by atoms with E-state index in [9.17, 15) is 13.9 Å². The van der Waals surface area contributed by atoms with Crippen molar-refractivity contribution in [3.8, 4) is 5.69 Å². The molecule has 1 atom stereocenters. The van der Waals surface area contributed by atoms with Crippen LogP contribution >= 0.6 is 0 Å². The second kappa shape index (κ2) is 7.61. The zero-order chi connectivity index (χ0) is 18.7. The summed E-state index contributed by atoms with van der Waals surface area (Å²) in [5.41, 5.74) is 2.85. The molecule has 0 unspecified atom stereocenters. The lowest BCUT2D eigenvalue weighted by Gasteiger charge is -2.10. The third kappa shape index (κ3) is 4.05. The maximum Gasteiger partial charge on any atom is 0.160 e. The first-order valence-electron chi connectivity index (χ1n) is 8.38. The number of hydrogen-bond acceptors (Lipinski definition) is 4. The molecule has 7 heteroatoms. The van der Waals surface area contributed by atoms with Crippen molar-refractivity contribution in [2.24, 2.45) is 0 Å². The second-order valence-electron chi connectivity index (χ2n) is 6.11. The zero-order valence-electron chi connectivity index (χ0n) is 14.6. The number of anilines is 2. The van der Waals surface area contributed by atoms with Crippen LogP contribution in [-0.4, -0.2) is 26.0 Å². The molecule has 0 aliphatic heterocycles. The van der Waals surface area contributed by atoms with Gasteiger partial charge in [0.1, 0.15) is 0 Å². The fourth-order valence-corrected chi connectivity index (χ4v) is 2.62. The van der Waals surface area contributed by atoms with Gasteiger partial charge in [-0.1, -0.05) is 6.92 Å². The quantitative estimate of drug-likeness (QED) is 0.701. The van der Waals surface area contributed by atoms with Crippen LogP contribution in [0, 0.1) is 18.6 Å². The number of aliphatic hydroxyl groups excluding tert-OH is 1. The highest BCUT2D eigenvalue weighted by Gasteiger charge is 2.14. The van der Waals surface area contributed by atoms with Crippen molar-refractivity contribution in [2.75, 3.05) is 5.32 Å². The van der Waals surface area contributed by atoms with Crippen molar-refractivity contribution in [1.29, 1.82) is 0 Å². The molecule has 2 heterocycles. The van der Waals surface area contributed by atoms with Crippen LogP contribution in [0.1, 0.15) is 24.7 Å². The van der Waals surface area contributed by atoms with E-state index in [2.05, 4.69) is 15.4 Å². The minimum absolute atomic E-state index is 0.391. The highest BCUT2D eigenvalue weighted by atomic mass is 19.2. The highest BCUT2D eigenvalue weighted by molar-refractivity contribution is 5.57. The number of aliphatic hydroxyl groups is 1. The summed E-state index contributed by atoms with van der Waals surface area (Å²) in [4.78, 5) is 4.18. The Labute approximate surface area is 150 Å². The van der Waals surface area contributed by atoms with Gasteiger partial charge < -0.3 is 10.4 Å². The van der Waals surface area contributed by atoms with Gasteiger partial charge in [-0.2, -0.15) is 0 Å². The van der Waals surface area contributed by atoms with Crippen LogP contribution < -0.4 is 5.32 Å². The summed E-state index contributed by atoms with van der Waals surface area (Å²) < 4.78 is 28.2. The maximum atomic E-state index is 13.4. The molecule has 0 aliphatic carbocycles. The number of benzene rings is 1. The Kier molecular flexibility index (Phi) is 5.27. The summed E-state index contributed by atoms with van der Waals surface area (Å²) in [6.45, 7) is 3.79. The van der Waals surface area contributed by atoms with Crippen LogP contribution in [0.5, 0.6) is 0 Å². The van der Waals surface area contributed by atoms with Crippen molar-refractivity contribution in [3.05, 3.63) is 65.6 Å². The molecular weight excluding hydrogens is 338 g/mol. The lowest BCUT2D eigenvalue weighted by Crippen LogP contribution is -2.12. The minimum atomic E-state index is -0.930. The van der Waals surface area contributed by atoms with E-state index in [-0.39, 0.29) is 0 Å². The average Bonchev–Trinajstić information content (AvgIpc) is 3.00. The minimum Gasteiger partial charge on any atom is -0.393 e. The van der Waals surface area contributed by atoms with Crippen molar-refractivity contribution < 1.29 is 13.9 Å². The van der Waals surface area contributed by atoms with Gasteiger partial charge in [-0.3, -0.25) is 4.98 Å². The summed E-state index contributed by atoms with van der Waals surface area (Å²) in [7, 11) is 0. The number of nitrogens with one attached hydrogen (secondary N) is 1. The molecule has 2 aromatic heterocycles. The van der Waals surface area contributed by atoms with Crippen LogP contribution in [0.2, 0.25) is 0 Å². The van der Waals surface area contributed by atoms with Crippen molar-refractivity contribution >= 4 is 11.5 Å². The first-order valence-corrected chi connectivity index (χ1v) is 8.38. The number of hydrogen-bond donors (Lipinski definition) is 2. The Morgan fingerprint density at radius 3 is 2.65 bits per heavy atom. The number of pyridine rings is 1.